The highest BCUT2D eigenvalue weighted by molar-refractivity contribution is 6.11. The number of hydrogen-bond acceptors (Lipinski definition) is 1. The smallest absolute Gasteiger partial charge is 0.123 e. The Morgan fingerprint density at radius 1 is 0.591 bits per heavy atom. The van der Waals surface area contributed by atoms with Gasteiger partial charge in [-0.15, -0.1) is 0 Å². The van der Waals surface area contributed by atoms with Gasteiger partial charge >= 0.3 is 0 Å². The Morgan fingerprint density at radius 2 is 0.909 bits per heavy atom. The van der Waals surface area contributed by atoms with Gasteiger partial charge in [0.1, 0.15) is 7.85 Å². The summed E-state index contributed by atoms with van der Waals surface area (Å²) < 4.78 is 0. The molecule has 0 saturated carbocycles. The molecule has 0 bridgehead atoms. The SMILES string of the molecule is BC(CCCCCCCCCCCCCCCCC)N(C)C. The third-order valence-corrected chi connectivity index (χ3v) is 5.11. The van der Waals surface area contributed by atoms with E-state index in [1.54, 1.807) is 0 Å². The van der Waals surface area contributed by atoms with E-state index in [1.807, 2.05) is 0 Å². The second kappa shape index (κ2) is 17.4. The maximum Gasteiger partial charge on any atom is 0.123 e. The van der Waals surface area contributed by atoms with Gasteiger partial charge in [-0.25, -0.2) is 0 Å². The van der Waals surface area contributed by atoms with E-state index >= 15 is 0 Å². The Balaban J connectivity index is 3.03. The van der Waals surface area contributed by atoms with Crippen molar-refractivity contribution in [3.63, 3.8) is 0 Å². The first-order chi connectivity index (χ1) is 10.7. The van der Waals surface area contributed by atoms with Crippen LogP contribution in [0.2, 0.25) is 0 Å². The van der Waals surface area contributed by atoms with Crippen molar-refractivity contribution in [2.45, 2.75) is 116 Å². The van der Waals surface area contributed by atoms with Gasteiger partial charge in [-0.2, -0.15) is 0 Å². The van der Waals surface area contributed by atoms with E-state index in [4.69, 9.17) is 0 Å². The van der Waals surface area contributed by atoms with Gasteiger partial charge in [0.05, 0.1) is 0 Å². The highest BCUT2D eigenvalue weighted by Crippen LogP contribution is 2.14. The Labute approximate surface area is 143 Å². The van der Waals surface area contributed by atoms with Crippen LogP contribution in [-0.2, 0) is 0 Å². The first-order valence-corrected chi connectivity index (χ1v) is 10.3. The minimum atomic E-state index is 0.752. The molecular formula is C20H44BN. The predicted molar refractivity (Wildman–Crippen MR) is 106 cm³/mol. The van der Waals surface area contributed by atoms with Crippen LogP contribution >= 0.6 is 0 Å². The van der Waals surface area contributed by atoms with E-state index in [0.717, 1.165) is 5.94 Å². The van der Waals surface area contributed by atoms with Crippen molar-refractivity contribution < 1.29 is 0 Å². The van der Waals surface area contributed by atoms with Crippen LogP contribution < -0.4 is 0 Å². The molecule has 0 radical (unpaired) electrons. The molecule has 0 rings (SSSR count). The molecule has 22 heavy (non-hydrogen) atoms. The fraction of sp³-hybridized carbons (Fsp3) is 1.00. The summed E-state index contributed by atoms with van der Waals surface area (Å²) in [6, 6.07) is 0. The van der Waals surface area contributed by atoms with Crippen molar-refractivity contribution >= 4 is 7.85 Å². The van der Waals surface area contributed by atoms with Crippen molar-refractivity contribution in [3.05, 3.63) is 0 Å². The van der Waals surface area contributed by atoms with Crippen LogP contribution in [-0.4, -0.2) is 32.8 Å². The molecule has 0 saturated heterocycles. The van der Waals surface area contributed by atoms with Crippen LogP contribution in [0.15, 0.2) is 0 Å². The fourth-order valence-corrected chi connectivity index (χ4v) is 3.07. The summed E-state index contributed by atoms with van der Waals surface area (Å²) in [6.45, 7) is 2.30. The van der Waals surface area contributed by atoms with Crippen molar-refractivity contribution in [2.75, 3.05) is 14.1 Å². The summed E-state index contributed by atoms with van der Waals surface area (Å²) in [5.41, 5.74) is 0. The molecule has 0 aliphatic heterocycles. The van der Waals surface area contributed by atoms with Crippen LogP contribution in [0.5, 0.6) is 0 Å². The molecule has 0 fully saturated rings. The molecule has 0 aliphatic rings. The van der Waals surface area contributed by atoms with Crippen LogP contribution in [0.25, 0.3) is 0 Å². The molecule has 1 unspecified atom stereocenters. The number of unbranched alkanes of at least 4 members (excludes halogenated alkanes) is 14. The Hall–Kier alpha value is 0.0249. The summed E-state index contributed by atoms with van der Waals surface area (Å²) in [4.78, 5) is 2.34. The van der Waals surface area contributed by atoms with Crippen LogP contribution in [0.3, 0.4) is 0 Å². The van der Waals surface area contributed by atoms with E-state index in [-0.39, 0.29) is 0 Å². The average molecular weight is 309 g/mol. The quantitative estimate of drug-likeness (QED) is 0.243. The molecule has 0 aromatic rings. The van der Waals surface area contributed by atoms with E-state index in [0.29, 0.717) is 0 Å². The average Bonchev–Trinajstić information content (AvgIpc) is 2.50. The van der Waals surface area contributed by atoms with Crippen molar-refractivity contribution in [1.29, 1.82) is 0 Å². The molecule has 0 heterocycles. The van der Waals surface area contributed by atoms with Crippen LogP contribution in [0.1, 0.15) is 110 Å². The summed E-state index contributed by atoms with van der Waals surface area (Å²) in [6.07, 6.45) is 23.2. The second-order valence-electron chi connectivity index (χ2n) is 7.55. The predicted octanol–water partition coefficient (Wildman–Crippen LogP) is 5.77. The second-order valence-corrected chi connectivity index (χ2v) is 7.55. The monoisotopic (exact) mass is 309 g/mol. The number of rotatable bonds is 17. The van der Waals surface area contributed by atoms with E-state index in [1.165, 1.54) is 103 Å². The molecule has 1 atom stereocenters. The minimum absolute atomic E-state index is 0.752. The molecular weight excluding hydrogens is 265 g/mol. The molecule has 0 aliphatic carbocycles. The normalized spacial score (nSPS) is 12.9. The molecule has 0 aromatic carbocycles. The number of hydrogen-bond donors (Lipinski definition) is 0. The van der Waals surface area contributed by atoms with E-state index < -0.39 is 0 Å². The molecule has 1 nitrogen and oxygen atoms in total. The lowest BCUT2D eigenvalue weighted by atomic mass is 9.90. The zero-order chi connectivity index (χ0) is 16.5. The first kappa shape index (κ1) is 22.0. The van der Waals surface area contributed by atoms with Crippen LogP contribution in [0, 0.1) is 0 Å². The van der Waals surface area contributed by atoms with E-state index in [2.05, 4.69) is 33.8 Å². The van der Waals surface area contributed by atoms with Gasteiger partial charge < -0.3 is 4.90 Å². The van der Waals surface area contributed by atoms with Gasteiger partial charge in [0.25, 0.3) is 0 Å². The summed E-state index contributed by atoms with van der Waals surface area (Å²) in [7, 11) is 6.72. The molecule has 2 heteroatoms. The zero-order valence-electron chi connectivity index (χ0n) is 16.3. The summed E-state index contributed by atoms with van der Waals surface area (Å²) in [5.74, 6) is 0.752. The van der Waals surface area contributed by atoms with Gasteiger partial charge in [-0.1, -0.05) is 103 Å². The molecule has 0 N–H and O–H groups in total. The topological polar surface area (TPSA) is 3.24 Å². The highest BCUT2D eigenvalue weighted by atomic mass is 15.1. The van der Waals surface area contributed by atoms with Gasteiger partial charge in [0.15, 0.2) is 0 Å². The third-order valence-electron chi connectivity index (χ3n) is 5.11. The van der Waals surface area contributed by atoms with Crippen molar-refractivity contribution in [2.24, 2.45) is 0 Å². The van der Waals surface area contributed by atoms with Gasteiger partial charge in [0.2, 0.25) is 0 Å². The molecule has 0 spiro atoms. The lowest BCUT2D eigenvalue weighted by molar-refractivity contribution is 0.350. The first-order valence-electron chi connectivity index (χ1n) is 10.3. The lowest BCUT2D eigenvalue weighted by Gasteiger charge is -2.19. The van der Waals surface area contributed by atoms with Gasteiger partial charge in [-0.05, 0) is 26.5 Å². The van der Waals surface area contributed by atoms with Crippen molar-refractivity contribution in [1.82, 2.24) is 4.90 Å². The summed E-state index contributed by atoms with van der Waals surface area (Å²) >= 11 is 0. The fourth-order valence-electron chi connectivity index (χ4n) is 3.07. The van der Waals surface area contributed by atoms with Crippen molar-refractivity contribution in [3.8, 4) is 0 Å². The van der Waals surface area contributed by atoms with Crippen LogP contribution in [0.4, 0.5) is 0 Å². The number of nitrogens with zero attached hydrogens (tertiary/aromatic N) is 1. The Bertz CT molecular complexity index is 206. The molecule has 0 amide bonds. The Morgan fingerprint density at radius 3 is 1.23 bits per heavy atom. The maximum atomic E-state index is 2.34. The summed E-state index contributed by atoms with van der Waals surface area (Å²) in [5, 5.41) is 0. The molecule has 0 aromatic heterocycles. The largest absolute Gasteiger partial charge is 0.314 e. The maximum absolute atomic E-state index is 2.34. The van der Waals surface area contributed by atoms with Gasteiger partial charge in [-0.3, -0.25) is 0 Å². The third kappa shape index (κ3) is 16.4. The zero-order valence-corrected chi connectivity index (χ0v) is 16.3. The molecule has 132 valence electrons. The lowest BCUT2D eigenvalue weighted by Crippen LogP contribution is -2.27. The standard InChI is InChI=1S/C20H44BN/c1-4-5-6-7-8-9-10-11-12-13-14-15-16-17-18-19-20(21)22(2)3/h20H,4-19,21H2,1-3H3. The Kier molecular flexibility index (Phi) is 17.4. The highest BCUT2D eigenvalue weighted by Gasteiger charge is 2.03. The van der Waals surface area contributed by atoms with E-state index in [9.17, 15) is 0 Å². The van der Waals surface area contributed by atoms with Gasteiger partial charge in [0, 0.05) is 0 Å². The minimum Gasteiger partial charge on any atom is -0.314 e.